The molecule has 2 heterocycles. The van der Waals surface area contributed by atoms with Crippen molar-refractivity contribution < 1.29 is 19.5 Å². The number of nitrogens with zero attached hydrogens (tertiary/aromatic N) is 2. The molecular formula is C14H20N2O4S. The number of likely N-dealkylation sites (tertiary alicyclic amines) is 1. The Labute approximate surface area is 127 Å². The van der Waals surface area contributed by atoms with E-state index in [1.165, 1.54) is 4.90 Å². The van der Waals surface area contributed by atoms with Crippen LogP contribution >= 0.6 is 11.8 Å². The van der Waals surface area contributed by atoms with Crippen LogP contribution < -0.4 is 0 Å². The molecule has 0 bridgehead atoms. The van der Waals surface area contributed by atoms with Crippen LogP contribution in [0.4, 0.5) is 0 Å². The van der Waals surface area contributed by atoms with E-state index >= 15 is 0 Å². The van der Waals surface area contributed by atoms with E-state index in [-0.39, 0.29) is 17.7 Å². The molecule has 2 unspecified atom stereocenters. The van der Waals surface area contributed by atoms with E-state index in [0.29, 0.717) is 25.3 Å². The van der Waals surface area contributed by atoms with E-state index in [4.69, 9.17) is 0 Å². The highest BCUT2D eigenvalue weighted by Gasteiger charge is 2.44. The van der Waals surface area contributed by atoms with Gasteiger partial charge in [-0.25, -0.2) is 4.79 Å². The van der Waals surface area contributed by atoms with E-state index in [1.54, 1.807) is 16.7 Å². The van der Waals surface area contributed by atoms with Gasteiger partial charge in [0.05, 0.1) is 0 Å². The third-order valence-electron chi connectivity index (χ3n) is 4.44. The zero-order valence-corrected chi connectivity index (χ0v) is 12.7. The zero-order chi connectivity index (χ0) is 15.0. The second-order valence-corrected chi connectivity index (χ2v) is 7.07. The minimum Gasteiger partial charge on any atom is -0.480 e. The summed E-state index contributed by atoms with van der Waals surface area (Å²) in [4.78, 5) is 39.5. The highest BCUT2D eigenvalue weighted by atomic mass is 32.2. The molecule has 7 heteroatoms. The third kappa shape index (κ3) is 2.88. The number of hydrogen-bond donors (Lipinski definition) is 1. The molecule has 116 valence electrons. The van der Waals surface area contributed by atoms with E-state index in [0.717, 1.165) is 25.0 Å². The molecule has 1 saturated carbocycles. The Hall–Kier alpha value is -1.24. The maximum absolute atomic E-state index is 12.7. The number of aliphatic carboxylic acids is 1. The van der Waals surface area contributed by atoms with E-state index in [2.05, 4.69) is 0 Å². The Kier molecular flexibility index (Phi) is 4.10. The summed E-state index contributed by atoms with van der Waals surface area (Å²) >= 11 is 1.56. The summed E-state index contributed by atoms with van der Waals surface area (Å²) in [5, 5.41) is 9.29. The smallest absolute Gasteiger partial charge is 0.327 e. The molecule has 0 aromatic heterocycles. The van der Waals surface area contributed by atoms with E-state index in [1.807, 2.05) is 0 Å². The normalized spacial score (nSPS) is 29.5. The molecule has 0 radical (unpaired) electrons. The first-order valence-corrected chi connectivity index (χ1v) is 8.66. The summed E-state index contributed by atoms with van der Waals surface area (Å²) in [6, 6.07) is -1.20. The monoisotopic (exact) mass is 312 g/mol. The van der Waals surface area contributed by atoms with Gasteiger partial charge in [-0.1, -0.05) is 0 Å². The minimum atomic E-state index is -0.950. The summed E-state index contributed by atoms with van der Waals surface area (Å²) < 4.78 is 0. The first-order chi connectivity index (χ1) is 10.1. The average molecular weight is 312 g/mol. The highest BCUT2D eigenvalue weighted by Crippen LogP contribution is 2.34. The van der Waals surface area contributed by atoms with Crippen LogP contribution in [0, 0.1) is 5.92 Å². The molecule has 2 atom stereocenters. The largest absolute Gasteiger partial charge is 0.480 e. The summed E-state index contributed by atoms with van der Waals surface area (Å²) in [7, 11) is 0. The standard InChI is InChI=1S/C14H20N2O4S/c17-12(9-3-4-9)15-5-1-2-10(15)13(18)16-6-7-21-8-11(16)14(19)20/h9-11H,1-8H2,(H,19,20). The first kappa shape index (κ1) is 14.7. The summed E-state index contributed by atoms with van der Waals surface area (Å²) in [5.41, 5.74) is 0. The van der Waals surface area contributed by atoms with Crippen LogP contribution in [0.15, 0.2) is 0 Å². The quantitative estimate of drug-likeness (QED) is 0.817. The second kappa shape index (κ2) is 5.87. The number of carboxylic acids is 1. The predicted molar refractivity (Wildman–Crippen MR) is 77.9 cm³/mol. The van der Waals surface area contributed by atoms with Crippen LogP contribution in [0.3, 0.4) is 0 Å². The van der Waals surface area contributed by atoms with Crippen LogP contribution in [-0.4, -0.2) is 69.4 Å². The Balaban J connectivity index is 1.73. The van der Waals surface area contributed by atoms with Gasteiger partial charge in [0.1, 0.15) is 12.1 Å². The lowest BCUT2D eigenvalue weighted by atomic mass is 10.1. The molecule has 0 aromatic rings. The molecule has 2 saturated heterocycles. The van der Waals surface area contributed by atoms with Gasteiger partial charge < -0.3 is 14.9 Å². The van der Waals surface area contributed by atoms with E-state index in [9.17, 15) is 19.5 Å². The highest BCUT2D eigenvalue weighted by molar-refractivity contribution is 7.99. The molecule has 3 fully saturated rings. The number of carboxylic acid groups (broad SMARTS) is 1. The molecule has 0 aromatic carbocycles. The molecule has 6 nitrogen and oxygen atoms in total. The summed E-state index contributed by atoms with van der Waals surface area (Å²) in [6.07, 6.45) is 3.34. The third-order valence-corrected chi connectivity index (χ3v) is 5.47. The van der Waals surface area contributed by atoms with Gasteiger partial charge in [0.25, 0.3) is 0 Å². The zero-order valence-electron chi connectivity index (χ0n) is 11.9. The van der Waals surface area contributed by atoms with Crippen LogP contribution in [0.1, 0.15) is 25.7 Å². The minimum absolute atomic E-state index is 0.0871. The Morgan fingerprint density at radius 2 is 1.67 bits per heavy atom. The van der Waals surface area contributed by atoms with Crippen molar-refractivity contribution in [1.82, 2.24) is 9.80 Å². The van der Waals surface area contributed by atoms with Gasteiger partial charge in [0.2, 0.25) is 11.8 Å². The SMILES string of the molecule is O=C(O)C1CSCCN1C(=O)C1CCCN1C(=O)C1CC1. The predicted octanol–water partition coefficient (Wildman–Crippen LogP) is 0.416. The van der Waals surface area contributed by atoms with Crippen LogP contribution in [0.5, 0.6) is 0 Å². The molecule has 1 N–H and O–H groups in total. The van der Waals surface area contributed by atoms with Crippen LogP contribution in [0.2, 0.25) is 0 Å². The molecule has 2 aliphatic heterocycles. The molecule has 3 aliphatic rings. The fraction of sp³-hybridized carbons (Fsp3) is 0.786. The van der Waals surface area contributed by atoms with Crippen molar-refractivity contribution in [3.05, 3.63) is 0 Å². The molecular weight excluding hydrogens is 292 g/mol. The number of amides is 2. The molecule has 21 heavy (non-hydrogen) atoms. The summed E-state index contributed by atoms with van der Waals surface area (Å²) in [5.74, 6) is 0.265. The van der Waals surface area contributed by atoms with Crippen molar-refractivity contribution in [2.45, 2.75) is 37.8 Å². The Morgan fingerprint density at radius 3 is 2.33 bits per heavy atom. The number of carbonyl (C=O) groups excluding carboxylic acids is 2. The molecule has 1 aliphatic carbocycles. The Morgan fingerprint density at radius 1 is 0.952 bits per heavy atom. The van der Waals surface area contributed by atoms with Crippen molar-refractivity contribution in [2.75, 3.05) is 24.6 Å². The maximum atomic E-state index is 12.7. The molecule has 0 spiro atoms. The average Bonchev–Trinajstić information content (AvgIpc) is 3.22. The second-order valence-electron chi connectivity index (χ2n) is 5.92. The van der Waals surface area contributed by atoms with Crippen molar-refractivity contribution in [1.29, 1.82) is 0 Å². The number of carbonyl (C=O) groups is 3. The van der Waals surface area contributed by atoms with Crippen LogP contribution in [0.25, 0.3) is 0 Å². The topological polar surface area (TPSA) is 77.9 Å². The van der Waals surface area contributed by atoms with Crippen molar-refractivity contribution in [2.24, 2.45) is 5.92 Å². The summed E-state index contributed by atoms with van der Waals surface area (Å²) in [6.45, 7) is 1.09. The lowest BCUT2D eigenvalue weighted by Gasteiger charge is -2.36. The van der Waals surface area contributed by atoms with Gasteiger partial charge in [-0.15, -0.1) is 0 Å². The fourth-order valence-electron chi connectivity index (χ4n) is 3.12. The van der Waals surface area contributed by atoms with Crippen LogP contribution in [-0.2, 0) is 14.4 Å². The van der Waals surface area contributed by atoms with Crippen molar-refractivity contribution >= 4 is 29.5 Å². The number of thioether (sulfide) groups is 1. The number of hydrogen-bond acceptors (Lipinski definition) is 4. The lowest BCUT2D eigenvalue weighted by Crippen LogP contribution is -2.56. The van der Waals surface area contributed by atoms with Gasteiger partial charge in [0, 0.05) is 30.5 Å². The maximum Gasteiger partial charge on any atom is 0.327 e. The van der Waals surface area contributed by atoms with Gasteiger partial charge in [-0.2, -0.15) is 11.8 Å². The number of rotatable bonds is 3. The van der Waals surface area contributed by atoms with Gasteiger partial charge in [-0.3, -0.25) is 9.59 Å². The van der Waals surface area contributed by atoms with Gasteiger partial charge in [0.15, 0.2) is 0 Å². The molecule has 3 rings (SSSR count). The lowest BCUT2D eigenvalue weighted by molar-refractivity contribution is -0.153. The van der Waals surface area contributed by atoms with Gasteiger partial charge in [-0.05, 0) is 25.7 Å². The van der Waals surface area contributed by atoms with Crippen molar-refractivity contribution in [3.63, 3.8) is 0 Å². The fourth-order valence-corrected chi connectivity index (χ4v) is 4.15. The molecule has 2 amide bonds. The first-order valence-electron chi connectivity index (χ1n) is 7.51. The van der Waals surface area contributed by atoms with Gasteiger partial charge >= 0.3 is 5.97 Å². The van der Waals surface area contributed by atoms with E-state index < -0.39 is 18.1 Å². The Bertz CT molecular complexity index is 466. The van der Waals surface area contributed by atoms with Crippen molar-refractivity contribution in [3.8, 4) is 0 Å².